The predicted molar refractivity (Wildman–Crippen MR) is 58.3 cm³/mol. The van der Waals surface area contributed by atoms with E-state index in [1.807, 2.05) is 11.8 Å². The van der Waals surface area contributed by atoms with Crippen LogP contribution in [-0.4, -0.2) is 22.6 Å². The summed E-state index contributed by atoms with van der Waals surface area (Å²) in [4.78, 5) is 10.7. The van der Waals surface area contributed by atoms with Gasteiger partial charge in [0.2, 0.25) is 0 Å². The summed E-state index contributed by atoms with van der Waals surface area (Å²) >= 11 is 1.86. The third-order valence-electron chi connectivity index (χ3n) is 2.09. The first kappa shape index (κ1) is 12.8. The van der Waals surface area contributed by atoms with Gasteiger partial charge in [-0.15, -0.1) is 0 Å². The number of unbranched alkanes of at least 4 members (excludes halogenated alkanes) is 1. The Morgan fingerprint density at radius 3 is 2.46 bits per heavy atom. The summed E-state index contributed by atoms with van der Waals surface area (Å²) in [5.41, 5.74) is -0.556. The Morgan fingerprint density at radius 2 is 2.00 bits per heavy atom. The van der Waals surface area contributed by atoms with Gasteiger partial charge in [-0.2, -0.15) is 11.8 Å². The van der Waals surface area contributed by atoms with Crippen molar-refractivity contribution >= 4 is 17.7 Å². The molecule has 0 rings (SSSR count). The van der Waals surface area contributed by atoms with Crippen molar-refractivity contribution in [2.24, 2.45) is 5.41 Å². The summed E-state index contributed by atoms with van der Waals surface area (Å²) in [6.07, 6.45) is 3.21. The van der Waals surface area contributed by atoms with E-state index in [9.17, 15) is 4.79 Å². The van der Waals surface area contributed by atoms with Crippen molar-refractivity contribution in [3.05, 3.63) is 0 Å². The largest absolute Gasteiger partial charge is 0.481 e. The SMILES string of the molecule is CCCCSCCC(C)(C)C(=O)O. The highest BCUT2D eigenvalue weighted by Gasteiger charge is 2.25. The topological polar surface area (TPSA) is 37.3 Å². The van der Waals surface area contributed by atoms with Crippen molar-refractivity contribution in [3.8, 4) is 0 Å². The molecule has 2 nitrogen and oxygen atoms in total. The van der Waals surface area contributed by atoms with Gasteiger partial charge in [0.25, 0.3) is 0 Å². The van der Waals surface area contributed by atoms with Crippen molar-refractivity contribution in [1.82, 2.24) is 0 Å². The monoisotopic (exact) mass is 204 g/mol. The van der Waals surface area contributed by atoms with Gasteiger partial charge in [0.15, 0.2) is 0 Å². The maximum absolute atomic E-state index is 10.7. The summed E-state index contributed by atoms with van der Waals surface area (Å²) in [5, 5.41) is 8.83. The van der Waals surface area contributed by atoms with Gasteiger partial charge in [-0.3, -0.25) is 4.79 Å². The van der Waals surface area contributed by atoms with E-state index in [0.717, 1.165) is 17.9 Å². The van der Waals surface area contributed by atoms with Crippen LogP contribution in [0.4, 0.5) is 0 Å². The molecule has 13 heavy (non-hydrogen) atoms. The molecular weight excluding hydrogens is 184 g/mol. The maximum atomic E-state index is 10.7. The molecular formula is C10H20O2S. The van der Waals surface area contributed by atoms with Gasteiger partial charge in [0.1, 0.15) is 0 Å². The third-order valence-corrected chi connectivity index (χ3v) is 3.16. The van der Waals surface area contributed by atoms with Gasteiger partial charge >= 0.3 is 5.97 Å². The number of carboxylic acids is 1. The zero-order chi connectivity index (χ0) is 10.3. The average molecular weight is 204 g/mol. The fraction of sp³-hybridized carbons (Fsp3) is 0.900. The molecule has 0 amide bonds. The minimum atomic E-state index is -0.691. The van der Waals surface area contributed by atoms with E-state index in [4.69, 9.17) is 5.11 Å². The molecule has 3 heteroatoms. The summed E-state index contributed by atoms with van der Waals surface area (Å²) in [6.45, 7) is 5.74. The Kier molecular flexibility index (Phi) is 6.21. The quantitative estimate of drug-likeness (QED) is 0.648. The molecule has 0 aromatic carbocycles. The molecule has 0 atom stereocenters. The number of aliphatic carboxylic acids is 1. The Hall–Kier alpha value is -0.180. The molecule has 0 aliphatic rings. The second-order valence-electron chi connectivity index (χ2n) is 3.90. The van der Waals surface area contributed by atoms with E-state index in [0.29, 0.717) is 0 Å². The van der Waals surface area contributed by atoms with Crippen LogP contribution < -0.4 is 0 Å². The lowest BCUT2D eigenvalue weighted by Gasteiger charge is -2.18. The van der Waals surface area contributed by atoms with Crippen molar-refractivity contribution in [3.63, 3.8) is 0 Å². The van der Waals surface area contributed by atoms with Crippen LogP contribution in [0.3, 0.4) is 0 Å². The number of carbonyl (C=O) groups is 1. The van der Waals surface area contributed by atoms with Gasteiger partial charge < -0.3 is 5.11 Å². The predicted octanol–water partition coefficient (Wildman–Crippen LogP) is 3.02. The molecule has 0 radical (unpaired) electrons. The minimum absolute atomic E-state index is 0.556. The molecule has 0 heterocycles. The van der Waals surface area contributed by atoms with Gasteiger partial charge in [-0.25, -0.2) is 0 Å². The van der Waals surface area contributed by atoms with Crippen molar-refractivity contribution in [2.45, 2.75) is 40.0 Å². The normalized spacial score (nSPS) is 11.6. The van der Waals surface area contributed by atoms with E-state index in [1.54, 1.807) is 13.8 Å². The van der Waals surface area contributed by atoms with Crippen LogP contribution >= 0.6 is 11.8 Å². The molecule has 0 aliphatic heterocycles. The molecule has 0 aromatic heterocycles. The molecule has 0 saturated heterocycles. The molecule has 0 aromatic rings. The van der Waals surface area contributed by atoms with Crippen LogP contribution in [0.25, 0.3) is 0 Å². The Morgan fingerprint density at radius 1 is 1.38 bits per heavy atom. The van der Waals surface area contributed by atoms with Crippen molar-refractivity contribution < 1.29 is 9.90 Å². The van der Waals surface area contributed by atoms with Gasteiger partial charge in [-0.05, 0) is 38.2 Å². The second kappa shape index (κ2) is 6.30. The average Bonchev–Trinajstić information content (AvgIpc) is 2.03. The van der Waals surface area contributed by atoms with E-state index >= 15 is 0 Å². The number of hydrogen-bond donors (Lipinski definition) is 1. The highest BCUT2D eigenvalue weighted by Crippen LogP contribution is 2.23. The van der Waals surface area contributed by atoms with Gasteiger partial charge in [0, 0.05) is 0 Å². The fourth-order valence-electron chi connectivity index (χ4n) is 0.783. The fourth-order valence-corrected chi connectivity index (χ4v) is 2.13. The third kappa shape index (κ3) is 5.97. The summed E-state index contributed by atoms with van der Waals surface area (Å²) in [6, 6.07) is 0. The van der Waals surface area contributed by atoms with Gasteiger partial charge in [0.05, 0.1) is 5.41 Å². The van der Waals surface area contributed by atoms with Gasteiger partial charge in [-0.1, -0.05) is 13.3 Å². The maximum Gasteiger partial charge on any atom is 0.309 e. The standard InChI is InChI=1S/C10H20O2S/c1-4-5-7-13-8-6-10(2,3)9(11)12/h4-8H2,1-3H3,(H,11,12). The smallest absolute Gasteiger partial charge is 0.309 e. The first-order valence-corrected chi connectivity index (χ1v) is 5.97. The lowest BCUT2D eigenvalue weighted by atomic mass is 9.91. The van der Waals surface area contributed by atoms with Crippen LogP contribution in [0.5, 0.6) is 0 Å². The van der Waals surface area contributed by atoms with E-state index < -0.39 is 11.4 Å². The van der Waals surface area contributed by atoms with Crippen LogP contribution in [-0.2, 0) is 4.79 Å². The molecule has 0 aliphatic carbocycles. The van der Waals surface area contributed by atoms with Crippen molar-refractivity contribution in [2.75, 3.05) is 11.5 Å². The highest BCUT2D eigenvalue weighted by atomic mass is 32.2. The molecule has 1 N–H and O–H groups in total. The Labute approximate surface area is 85.1 Å². The number of hydrogen-bond acceptors (Lipinski definition) is 2. The molecule has 0 bridgehead atoms. The van der Waals surface area contributed by atoms with E-state index in [2.05, 4.69) is 6.92 Å². The highest BCUT2D eigenvalue weighted by molar-refractivity contribution is 7.99. The summed E-state index contributed by atoms with van der Waals surface area (Å²) < 4.78 is 0. The zero-order valence-electron chi connectivity index (χ0n) is 8.80. The summed E-state index contributed by atoms with van der Waals surface area (Å²) in [7, 11) is 0. The van der Waals surface area contributed by atoms with Crippen molar-refractivity contribution in [1.29, 1.82) is 0 Å². The molecule has 0 unspecified atom stereocenters. The van der Waals surface area contributed by atoms with Crippen LogP contribution in [0.15, 0.2) is 0 Å². The van der Waals surface area contributed by atoms with Crippen LogP contribution in [0, 0.1) is 5.41 Å². The number of thioether (sulfide) groups is 1. The van der Waals surface area contributed by atoms with E-state index in [1.165, 1.54) is 12.8 Å². The molecule has 78 valence electrons. The molecule has 0 spiro atoms. The zero-order valence-corrected chi connectivity index (χ0v) is 9.62. The second-order valence-corrected chi connectivity index (χ2v) is 5.13. The first-order valence-electron chi connectivity index (χ1n) is 4.82. The number of rotatable bonds is 7. The lowest BCUT2D eigenvalue weighted by molar-refractivity contribution is -0.146. The number of carboxylic acid groups (broad SMARTS) is 1. The minimum Gasteiger partial charge on any atom is -0.481 e. The lowest BCUT2D eigenvalue weighted by Crippen LogP contribution is -2.24. The van der Waals surface area contributed by atoms with E-state index in [-0.39, 0.29) is 0 Å². The van der Waals surface area contributed by atoms with Crippen LogP contribution in [0.1, 0.15) is 40.0 Å². The molecule has 0 saturated carbocycles. The summed E-state index contributed by atoms with van der Waals surface area (Å²) in [5.74, 6) is 1.43. The van der Waals surface area contributed by atoms with Crippen LogP contribution in [0.2, 0.25) is 0 Å². The molecule has 0 fully saturated rings. The Bertz CT molecular complexity index is 155. The Balaban J connectivity index is 3.46. The first-order chi connectivity index (χ1) is 6.00.